The number of carbonyl (C=O) groups excluding carboxylic acids is 1. The van der Waals surface area contributed by atoms with E-state index >= 15 is 0 Å². The highest BCUT2D eigenvalue weighted by molar-refractivity contribution is 5.98. The molecule has 4 aromatic rings. The summed E-state index contributed by atoms with van der Waals surface area (Å²) in [7, 11) is 3.64. The summed E-state index contributed by atoms with van der Waals surface area (Å²) in [4.78, 5) is 17.2. The van der Waals surface area contributed by atoms with Crippen LogP contribution in [0.3, 0.4) is 0 Å². The second kappa shape index (κ2) is 6.68. The summed E-state index contributed by atoms with van der Waals surface area (Å²) in [6.07, 6.45) is 3.64. The molecule has 0 aliphatic heterocycles. The second-order valence-electron chi connectivity index (χ2n) is 6.37. The lowest BCUT2D eigenvalue weighted by atomic mass is 10.2. The minimum atomic E-state index is -0.336. The normalized spacial score (nSPS) is 11.1. The maximum Gasteiger partial charge on any atom is 0.268 e. The van der Waals surface area contributed by atoms with Crippen molar-refractivity contribution in [2.45, 2.75) is 6.54 Å². The Labute approximate surface area is 155 Å². The molecule has 0 fully saturated rings. The average Bonchev–Trinajstić information content (AvgIpc) is 3.24. The van der Waals surface area contributed by atoms with Crippen LogP contribution in [0.5, 0.6) is 0 Å². The van der Waals surface area contributed by atoms with Gasteiger partial charge in [0.1, 0.15) is 17.2 Å². The monoisotopic (exact) mass is 363 g/mol. The van der Waals surface area contributed by atoms with Crippen LogP contribution < -0.4 is 5.32 Å². The first kappa shape index (κ1) is 17.0. The van der Waals surface area contributed by atoms with Gasteiger partial charge in [-0.15, -0.1) is 0 Å². The van der Waals surface area contributed by atoms with E-state index in [0.29, 0.717) is 16.9 Å². The number of amides is 1. The lowest BCUT2D eigenvalue weighted by Crippen LogP contribution is -2.25. The lowest BCUT2D eigenvalue weighted by Gasteiger charge is -2.07. The molecular weight excluding hydrogens is 345 g/mol. The molecule has 0 spiro atoms. The van der Waals surface area contributed by atoms with E-state index in [-0.39, 0.29) is 18.3 Å². The van der Waals surface area contributed by atoms with Crippen molar-refractivity contribution in [2.75, 3.05) is 0 Å². The largest absolute Gasteiger partial charge is 0.347 e. The summed E-state index contributed by atoms with van der Waals surface area (Å²) in [5, 5.41) is 7.79. The van der Waals surface area contributed by atoms with Gasteiger partial charge in [0.15, 0.2) is 0 Å². The van der Waals surface area contributed by atoms with E-state index < -0.39 is 0 Å². The molecule has 136 valence electrons. The molecular formula is C20H18FN5O. The predicted molar refractivity (Wildman–Crippen MR) is 100 cm³/mol. The fourth-order valence-corrected chi connectivity index (χ4v) is 3.04. The minimum absolute atomic E-state index is 0.126. The van der Waals surface area contributed by atoms with Crippen LogP contribution in [0.15, 0.2) is 54.9 Å². The van der Waals surface area contributed by atoms with Gasteiger partial charge in [-0.2, -0.15) is 5.10 Å². The van der Waals surface area contributed by atoms with Crippen LogP contribution in [0.25, 0.3) is 22.3 Å². The molecule has 0 aliphatic rings. The number of benzene rings is 1. The zero-order valence-electron chi connectivity index (χ0n) is 15.0. The molecule has 7 heteroatoms. The molecule has 0 unspecified atom stereocenters. The van der Waals surface area contributed by atoms with Crippen molar-refractivity contribution in [3.63, 3.8) is 0 Å². The first-order valence-corrected chi connectivity index (χ1v) is 8.50. The Bertz CT molecular complexity index is 1140. The number of hydrogen-bond donors (Lipinski definition) is 1. The quantitative estimate of drug-likeness (QED) is 0.606. The molecule has 1 N–H and O–H groups in total. The predicted octanol–water partition coefficient (Wildman–Crippen LogP) is 3.04. The van der Waals surface area contributed by atoms with Crippen molar-refractivity contribution >= 4 is 16.9 Å². The Hall–Kier alpha value is -3.48. The number of nitrogens with one attached hydrogen (secondary N) is 1. The van der Waals surface area contributed by atoms with Crippen molar-refractivity contribution in [2.24, 2.45) is 14.1 Å². The van der Waals surface area contributed by atoms with Crippen molar-refractivity contribution in [1.29, 1.82) is 0 Å². The summed E-state index contributed by atoms with van der Waals surface area (Å²) in [5.74, 6) is -0.612. The Kier molecular flexibility index (Phi) is 4.19. The van der Waals surface area contributed by atoms with Crippen molar-refractivity contribution in [1.82, 2.24) is 24.6 Å². The van der Waals surface area contributed by atoms with Crippen LogP contribution in [0.1, 0.15) is 16.1 Å². The smallest absolute Gasteiger partial charge is 0.268 e. The van der Waals surface area contributed by atoms with Crippen LogP contribution in [-0.4, -0.2) is 25.2 Å². The van der Waals surface area contributed by atoms with Gasteiger partial charge in [-0.05, 0) is 24.3 Å². The standard InChI is InChI=1S/C20H18FN5O/c1-25-12-15(11-23-25)17-8-7-13-9-18(26(2)19(13)24-17)20(27)22-10-14-5-3-4-6-16(14)21/h3-9,11-12H,10H2,1-2H3,(H,22,27). The zero-order valence-corrected chi connectivity index (χ0v) is 15.0. The van der Waals surface area contributed by atoms with Gasteiger partial charge in [-0.25, -0.2) is 9.37 Å². The van der Waals surface area contributed by atoms with E-state index in [1.165, 1.54) is 6.07 Å². The summed E-state index contributed by atoms with van der Waals surface area (Å²) in [5.41, 5.74) is 3.31. The van der Waals surface area contributed by atoms with Gasteiger partial charge in [0, 0.05) is 43.4 Å². The van der Waals surface area contributed by atoms with Gasteiger partial charge in [0.2, 0.25) is 0 Å². The third-order valence-corrected chi connectivity index (χ3v) is 4.51. The van der Waals surface area contributed by atoms with Gasteiger partial charge in [-0.1, -0.05) is 18.2 Å². The summed E-state index contributed by atoms with van der Waals surface area (Å²) < 4.78 is 17.2. The average molecular weight is 363 g/mol. The molecule has 3 heterocycles. The highest BCUT2D eigenvalue weighted by atomic mass is 19.1. The first-order valence-electron chi connectivity index (χ1n) is 8.50. The summed E-state index contributed by atoms with van der Waals surface area (Å²) in [6.45, 7) is 0.126. The van der Waals surface area contributed by atoms with E-state index in [0.717, 1.165) is 16.6 Å². The molecule has 1 aromatic carbocycles. The number of fused-ring (bicyclic) bond motifs is 1. The van der Waals surface area contributed by atoms with Crippen LogP contribution in [0.4, 0.5) is 4.39 Å². The second-order valence-corrected chi connectivity index (χ2v) is 6.37. The fourth-order valence-electron chi connectivity index (χ4n) is 3.04. The van der Waals surface area contributed by atoms with E-state index in [9.17, 15) is 9.18 Å². The third kappa shape index (κ3) is 3.19. The van der Waals surface area contributed by atoms with Crippen LogP contribution >= 0.6 is 0 Å². The number of hydrogen-bond acceptors (Lipinski definition) is 3. The summed E-state index contributed by atoms with van der Waals surface area (Å²) >= 11 is 0. The molecule has 0 bridgehead atoms. The number of rotatable bonds is 4. The van der Waals surface area contributed by atoms with Crippen molar-refractivity contribution in [3.8, 4) is 11.3 Å². The van der Waals surface area contributed by atoms with Gasteiger partial charge in [0.25, 0.3) is 5.91 Å². The topological polar surface area (TPSA) is 64.7 Å². The Morgan fingerprint density at radius 3 is 2.74 bits per heavy atom. The number of aryl methyl sites for hydroxylation is 2. The molecule has 0 aliphatic carbocycles. The molecule has 0 atom stereocenters. The maximum absolute atomic E-state index is 13.7. The Balaban J connectivity index is 1.61. The van der Waals surface area contributed by atoms with E-state index in [1.54, 1.807) is 46.8 Å². The molecule has 0 saturated carbocycles. The minimum Gasteiger partial charge on any atom is -0.347 e. The molecule has 27 heavy (non-hydrogen) atoms. The number of carbonyl (C=O) groups is 1. The first-order chi connectivity index (χ1) is 13.0. The van der Waals surface area contributed by atoms with Gasteiger partial charge in [-0.3, -0.25) is 9.48 Å². The van der Waals surface area contributed by atoms with Gasteiger partial charge in [0.05, 0.1) is 11.9 Å². The molecule has 6 nitrogen and oxygen atoms in total. The highest BCUT2D eigenvalue weighted by Crippen LogP contribution is 2.23. The molecule has 4 rings (SSSR count). The highest BCUT2D eigenvalue weighted by Gasteiger charge is 2.15. The van der Waals surface area contributed by atoms with Gasteiger partial charge < -0.3 is 9.88 Å². The van der Waals surface area contributed by atoms with Crippen LogP contribution in [0, 0.1) is 5.82 Å². The fraction of sp³-hybridized carbons (Fsp3) is 0.150. The Morgan fingerprint density at radius 2 is 2.00 bits per heavy atom. The van der Waals surface area contributed by atoms with Crippen LogP contribution in [-0.2, 0) is 20.6 Å². The lowest BCUT2D eigenvalue weighted by molar-refractivity contribution is 0.0943. The number of pyridine rings is 1. The number of nitrogens with zero attached hydrogens (tertiary/aromatic N) is 4. The van der Waals surface area contributed by atoms with Crippen molar-refractivity contribution < 1.29 is 9.18 Å². The van der Waals surface area contributed by atoms with Gasteiger partial charge >= 0.3 is 0 Å². The van der Waals surface area contributed by atoms with E-state index in [4.69, 9.17) is 0 Å². The SMILES string of the molecule is Cn1cc(-c2ccc3cc(C(=O)NCc4ccccc4F)n(C)c3n2)cn1. The third-order valence-electron chi connectivity index (χ3n) is 4.51. The summed E-state index contributed by atoms with van der Waals surface area (Å²) in [6, 6.07) is 12.0. The zero-order chi connectivity index (χ0) is 19.0. The molecule has 1 amide bonds. The van der Waals surface area contributed by atoms with Crippen molar-refractivity contribution in [3.05, 3.63) is 71.9 Å². The molecule has 0 saturated heterocycles. The van der Waals surface area contributed by atoms with E-state index in [1.807, 2.05) is 25.4 Å². The number of aromatic nitrogens is 4. The maximum atomic E-state index is 13.7. The number of halogens is 1. The van der Waals surface area contributed by atoms with Crippen LogP contribution in [0.2, 0.25) is 0 Å². The molecule has 0 radical (unpaired) electrons. The Morgan fingerprint density at radius 1 is 1.19 bits per heavy atom. The molecule has 3 aromatic heterocycles. The van der Waals surface area contributed by atoms with E-state index in [2.05, 4.69) is 15.4 Å².